The maximum atomic E-state index is 12.4. The Bertz CT molecular complexity index is 734. The highest BCUT2D eigenvalue weighted by molar-refractivity contribution is 7.14. The molecule has 1 aromatic heterocycles. The molecule has 0 radical (unpaired) electrons. The lowest BCUT2D eigenvalue weighted by Crippen LogP contribution is -2.30. The van der Waals surface area contributed by atoms with Crippen LogP contribution in [0.5, 0.6) is 11.5 Å². The Morgan fingerprint density at radius 3 is 2.24 bits per heavy atom. The van der Waals surface area contributed by atoms with E-state index in [1.54, 1.807) is 28.5 Å². The molecule has 2 rings (SSSR count). The van der Waals surface area contributed by atoms with Crippen LogP contribution in [0.3, 0.4) is 0 Å². The summed E-state index contributed by atoms with van der Waals surface area (Å²) in [6.07, 6.45) is 0. The van der Waals surface area contributed by atoms with Gasteiger partial charge in [-0.25, -0.2) is 4.98 Å². The van der Waals surface area contributed by atoms with E-state index in [0.717, 1.165) is 0 Å². The van der Waals surface area contributed by atoms with Gasteiger partial charge in [0.25, 0.3) is 11.8 Å². The van der Waals surface area contributed by atoms with Gasteiger partial charge in [-0.1, -0.05) is 0 Å². The number of anilines is 1. The van der Waals surface area contributed by atoms with Crippen molar-refractivity contribution in [3.05, 3.63) is 34.8 Å². The molecule has 0 unspecified atom stereocenters. The highest BCUT2D eigenvalue weighted by Gasteiger charge is 2.17. The van der Waals surface area contributed by atoms with Crippen molar-refractivity contribution in [2.75, 3.05) is 32.6 Å². The predicted octanol–water partition coefficient (Wildman–Crippen LogP) is 2.89. The van der Waals surface area contributed by atoms with Crippen molar-refractivity contribution in [1.29, 1.82) is 0 Å². The van der Waals surface area contributed by atoms with Gasteiger partial charge in [0.2, 0.25) is 0 Å². The van der Waals surface area contributed by atoms with E-state index in [1.165, 1.54) is 25.6 Å². The van der Waals surface area contributed by atoms with E-state index >= 15 is 0 Å². The topological polar surface area (TPSA) is 80.8 Å². The molecule has 0 saturated heterocycles. The SMILES string of the molecule is CCN(CC)C(=O)c1csc(NC(=O)c2cc(OC)cc(OC)c2)n1. The first-order valence-corrected chi connectivity index (χ1v) is 8.69. The highest BCUT2D eigenvalue weighted by atomic mass is 32.1. The molecule has 0 bridgehead atoms. The third-order valence-electron chi connectivity index (χ3n) is 3.61. The maximum Gasteiger partial charge on any atom is 0.273 e. The first-order chi connectivity index (χ1) is 12.0. The van der Waals surface area contributed by atoms with Gasteiger partial charge in [-0.2, -0.15) is 0 Å². The Hall–Kier alpha value is -2.61. The van der Waals surface area contributed by atoms with Crippen molar-refractivity contribution in [2.24, 2.45) is 0 Å². The largest absolute Gasteiger partial charge is 0.497 e. The van der Waals surface area contributed by atoms with Crippen LogP contribution in [0, 0.1) is 0 Å². The minimum absolute atomic E-state index is 0.148. The van der Waals surface area contributed by atoms with Gasteiger partial charge < -0.3 is 14.4 Å². The molecule has 1 heterocycles. The molecule has 8 heteroatoms. The average molecular weight is 363 g/mol. The number of nitrogens with zero attached hydrogens (tertiary/aromatic N) is 2. The van der Waals surface area contributed by atoms with Gasteiger partial charge in [-0.15, -0.1) is 11.3 Å². The normalized spacial score (nSPS) is 10.2. The van der Waals surface area contributed by atoms with Crippen molar-refractivity contribution < 1.29 is 19.1 Å². The Morgan fingerprint density at radius 1 is 1.12 bits per heavy atom. The molecule has 1 aromatic carbocycles. The molecule has 0 aliphatic carbocycles. The molecule has 1 N–H and O–H groups in total. The molecule has 0 saturated carbocycles. The predicted molar refractivity (Wildman–Crippen MR) is 96.9 cm³/mol. The van der Waals surface area contributed by atoms with Gasteiger partial charge in [-0.3, -0.25) is 14.9 Å². The summed E-state index contributed by atoms with van der Waals surface area (Å²) in [5, 5.41) is 4.70. The summed E-state index contributed by atoms with van der Waals surface area (Å²) in [4.78, 5) is 30.6. The van der Waals surface area contributed by atoms with E-state index in [-0.39, 0.29) is 11.8 Å². The van der Waals surface area contributed by atoms with Gasteiger partial charge in [0.15, 0.2) is 5.13 Å². The molecule has 0 spiro atoms. The second-order valence-electron chi connectivity index (χ2n) is 5.07. The summed E-state index contributed by atoms with van der Waals surface area (Å²) >= 11 is 1.21. The molecule has 2 aromatic rings. The zero-order valence-corrected chi connectivity index (χ0v) is 15.5. The number of nitrogens with one attached hydrogen (secondary N) is 1. The fourth-order valence-electron chi connectivity index (χ4n) is 2.21. The van der Waals surface area contributed by atoms with Gasteiger partial charge >= 0.3 is 0 Å². The summed E-state index contributed by atoms with van der Waals surface area (Å²) in [5.74, 6) is 0.528. The number of hydrogen-bond donors (Lipinski definition) is 1. The number of aromatic nitrogens is 1. The molecule has 0 fully saturated rings. The maximum absolute atomic E-state index is 12.4. The van der Waals surface area contributed by atoms with Gasteiger partial charge in [0, 0.05) is 30.1 Å². The summed E-state index contributed by atoms with van der Waals surface area (Å²) in [6.45, 7) is 5.04. The van der Waals surface area contributed by atoms with Crippen LogP contribution in [0.25, 0.3) is 0 Å². The Kier molecular flexibility index (Phi) is 6.35. The fourth-order valence-corrected chi connectivity index (χ4v) is 2.89. The number of rotatable bonds is 7. The summed E-state index contributed by atoms with van der Waals surface area (Å²) < 4.78 is 10.3. The van der Waals surface area contributed by atoms with Crippen LogP contribution in [0.15, 0.2) is 23.6 Å². The van der Waals surface area contributed by atoms with Crippen molar-refractivity contribution >= 4 is 28.3 Å². The van der Waals surface area contributed by atoms with Crippen molar-refractivity contribution in [1.82, 2.24) is 9.88 Å². The van der Waals surface area contributed by atoms with E-state index < -0.39 is 0 Å². The Labute approximate surface area is 150 Å². The smallest absolute Gasteiger partial charge is 0.273 e. The van der Waals surface area contributed by atoms with Crippen LogP contribution in [-0.2, 0) is 0 Å². The van der Waals surface area contributed by atoms with Crippen LogP contribution in [0.2, 0.25) is 0 Å². The third-order valence-corrected chi connectivity index (χ3v) is 4.37. The van der Waals surface area contributed by atoms with Crippen molar-refractivity contribution in [3.63, 3.8) is 0 Å². The number of thiazole rings is 1. The highest BCUT2D eigenvalue weighted by Crippen LogP contribution is 2.24. The van der Waals surface area contributed by atoms with E-state index in [4.69, 9.17) is 9.47 Å². The minimum Gasteiger partial charge on any atom is -0.497 e. The number of carbonyl (C=O) groups excluding carboxylic acids is 2. The summed E-state index contributed by atoms with van der Waals surface area (Å²) in [7, 11) is 3.03. The Balaban J connectivity index is 2.15. The second kappa shape index (κ2) is 8.48. The standard InChI is InChI=1S/C17H21N3O4S/c1-5-20(6-2)16(22)14-10-25-17(18-14)19-15(21)11-7-12(23-3)9-13(8-11)24-4/h7-10H,5-6H2,1-4H3,(H,18,19,21). The number of benzene rings is 1. The summed E-state index contributed by atoms with van der Waals surface area (Å²) in [5.41, 5.74) is 0.704. The zero-order chi connectivity index (χ0) is 18.4. The minimum atomic E-state index is -0.353. The number of ether oxygens (including phenoxy) is 2. The fraction of sp³-hybridized carbons (Fsp3) is 0.353. The van der Waals surface area contributed by atoms with Crippen LogP contribution < -0.4 is 14.8 Å². The van der Waals surface area contributed by atoms with Crippen LogP contribution in [0.1, 0.15) is 34.7 Å². The quantitative estimate of drug-likeness (QED) is 0.818. The van der Waals surface area contributed by atoms with E-state index in [2.05, 4.69) is 10.3 Å². The lowest BCUT2D eigenvalue weighted by Gasteiger charge is -2.16. The molecule has 25 heavy (non-hydrogen) atoms. The monoisotopic (exact) mass is 363 g/mol. The van der Waals surface area contributed by atoms with Crippen molar-refractivity contribution in [3.8, 4) is 11.5 Å². The zero-order valence-electron chi connectivity index (χ0n) is 14.7. The summed E-state index contributed by atoms with van der Waals surface area (Å²) in [6, 6.07) is 4.89. The first kappa shape index (κ1) is 18.7. The average Bonchev–Trinajstić information content (AvgIpc) is 3.10. The number of amides is 2. The lowest BCUT2D eigenvalue weighted by molar-refractivity contribution is 0.0767. The van der Waals surface area contributed by atoms with Crippen LogP contribution >= 0.6 is 11.3 Å². The number of carbonyl (C=O) groups is 2. The van der Waals surface area contributed by atoms with E-state index in [1.807, 2.05) is 13.8 Å². The van der Waals surface area contributed by atoms with Crippen molar-refractivity contribution in [2.45, 2.75) is 13.8 Å². The van der Waals surface area contributed by atoms with E-state index in [9.17, 15) is 9.59 Å². The second-order valence-corrected chi connectivity index (χ2v) is 5.93. The first-order valence-electron chi connectivity index (χ1n) is 7.81. The molecule has 0 aliphatic heterocycles. The van der Waals surface area contributed by atoms with E-state index in [0.29, 0.717) is 41.0 Å². The molecule has 0 aliphatic rings. The number of methoxy groups -OCH3 is 2. The lowest BCUT2D eigenvalue weighted by atomic mass is 10.2. The van der Waals surface area contributed by atoms with Crippen LogP contribution in [-0.4, -0.2) is 49.0 Å². The molecule has 134 valence electrons. The van der Waals surface area contributed by atoms with Gasteiger partial charge in [0.1, 0.15) is 17.2 Å². The third kappa shape index (κ3) is 4.48. The van der Waals surface area contributed by atoms with Gasteiger partial charge in [-0.05, 0) is 26.0 Å². The molecule has 0 atom stereocenters. The molecular weight excluding hydrogens is 342 g/mol. The van der Waals surface area contributed by atoms with Crippen LogP contribution in [0.4, 0.5) is 5.13 Å². The molecule has 7 nitrogen and oxygen atoms in total. The number of hydrogen-bond acceptors (Lipinski definition) is 6. The van der Waals surface area contributed by atoms with Gasteiger partial charge in [0.05, 0.1) is 14.2 Å². The molecular formula is C17H21N3O4S. The molecule has 2 amide bonds. The Morgan fingerprint density at radius 2 is 1.72 bits per heavy atom.